The largest absolute Gasteiger partial charge is 0.496 e. The summed E-state index contributed by atoms with van der Waals surface area (Å²) in [7, 11) is -0.737. The van der Waals surface area contributed by atoms with E-state index in [0.717, 1.165) is 19.1 Å². The van der Waals surface area contributed by atoms with Crippen LogP contribution in [0.1, 0.15) is 35.7 Å². The van der Waals surface area contributed by atoms with Gasteiger partial charge in [-0.2, -0.15) is 0 Å². The minimum absolute atomic E-state index is 0.121. The van der Waals surface area contributed by atoms with Gasteiger partial charge in [-0.15, -0.1) is 0 Å². The van der Waals surface area contributed by atoms with Gasteiger partial charge in [-0.3, -0.25) is 0 Å². The summed E-state index contributed by atoms with van der Waals surface area (Å²) in [5, 5.41) is 0. The van der Waals surface area contributed by atoms with Crippen LogP contribution in [-0.4, -0.2) is 34.9 Å². The number of rotatable bonds is 6. The molecular weight excluding hydrogens is 280 g/mol. The summed E-state index contributed by atoms with van der Waals surface area (Å²) in [4.78, 5) is 11.9. The predicted octanol–water partition coefficient (Wildman–Crippen LogP) is 2.23. The minimum atomic E-state index is -3.42. The summed E-state index contributed by atoms with van der Waals surface area (Å²) in [5.74, 6) is -0.288. The molecule has 1 aromatic carbocycles. The van der Waals surface area contributed by atoms with Crippen LogP contribution in [0.5, 0.6) is 5.75 Å². The SMILES string of the molecule is CCCCc1cc(OC)c(C(=O)OC)cc1S(C)(=O)=O. The highest BCUT2D eigenvalue weighted by molar-refractivity contribution is 7.90. The topological polar surface area (TPSA) is 69.7 Å². The van der Waals surface area contributed by atoms with Crippen LogP contribution >= 0.6 is 0 Å². The zero-order valence-electron chi connectivity index (χ0n) is 12.2. The molecule has 0 unspecified atom stereocenters. The molecule has 0 atom stereocenters. The van der Waals surface area contributed by atoms with Gasteiger partial charge in [0.25, 0.3) is 0 Å². The first-order chi connectivity index (χ1) is 9.35. The summed E-state index contributed by atoms with van der Waals surface area (Å²) in [6.45, 7) is 2.03. The predicted molar refractivity (Wildman–Crippen MR) is 76.1 cm³/mol. The minimum Gasteiger partial charge on any atom is -0.496 e. The Balaban J connectivity index is 3.48. The van der Waals surface area contributed by atoms with Crippen LogP contribution in [-0.2, 0) is 21.0 Å². The lowest BCUT2D eigenvalue weighted by atomic mass is 10.0. The van der Waals surface area contributed by atoms with Crippen LogP contribution < -0.4 is 4.74 Å². The maximum Gasteiger partial charge on any atom is 0.341 e. The first kappa shape index (κ1) is 16.5. The number of carbonyl (C=O) groups is 1. The highest BCUT2D eigenvalue weighted by atomic mass is 32.2. The zero-order valence-corrected chi connectivity index (χ0v) is 13.0. The van der Waals surface area contributed by atoms with Gasteiger partial charge >= 0.3 is 5.97 Å². The highest BCUT2D eigenvalue weighted by Gasteiger charge is 2.21. The van der Waals surface area contributed by atoms with Gasteiger partial charge in [-0.25, -0.2) is 13.2 Å². The molecular formula is C14H20O5S. The van der Waals surface area contributed by atoms with Crippen LogP contribution in [0.15, 0.2) is 17.0 Å². The van der Waals surface area contributed by atoms with E-state index in [1.54, 1.807) is 6.07 Å². The highest BCUT2D eigenvalue weighted by Crippen LogP contribution is 2.28. The van der Waals surface area contributed by atoms with Gasteiger partial charge in [0.1, 0.15) is 11.3 Å². The molecule has 1 aromatic rings. The Kier molecular flexibility index (Phi) is 5.56. The number of aryl methyl sites for hydroxylation is 1. The van der Waals surface area contributed by atoms with Crippen molar-refractivity contribution in [2.75, 3.05) is 20.5 Å². The Morgan fingerprint density at radius 1 is 1.25 bits per heavy atom. The van der Waals surface area contributed by atoms with Gasteiger partial charge in [0.15, 0.2) is 9.84 Å². The van der Waals surface area contributed by atoms with Crippen molar-refractivity contribution in [1.82, 2.24) is 0 Å². The van der Waals surface area contributed by atoms with Gasteiger partial charge in [0, 0.05) is 6.26 Å². The second-order valence-corrected chi connectivity index (χ2v) is 6.51. The number of sulfone groups is 1. The van der Waals surface area contributed by atoms with Crippen molar-refractivity contribution in [3.8, 4) is 5.75 Å². The second kappa shape index (κ2) is 6.74. The first-order valence-electron chi connectivity index (χ1n) is 6.34. The molecule has 0 amide bonds. The van der Waals surface area contributed by atoms with Crippen LogP contribution in [0.3, 0.4) is 0 Å². The molecule has 0 spiro atoms. The summed E-state index contributed by atoms with van der Waals surface area (Å²) in [6, 6.07) is 2.95. The monoisotopic (exact) mass is 300 g/mol. The third kappa shape index (κ3) is 3.72. The smallest absolute Gasteiger partial charge is 0.341 e. The van der Waals surface area contributed by atoms with Crippen molar-refractivity contribution in [2.24, 2.45) is 0 Å². The molecule has 0 saturated heterocycles. The molecule has 1 rings (SSSR count). The van der Waals surface area contributed by atoms with E-state index in [2.05, 4.69) is 4.74 Å². The summed E-state index contributed by atoms with van der Waals surface area (Å²) < 4.78 is 33.6. The molecule has 112 valence electrons. The first-order valence-corrected chi connectivity index (χ1v) is 8.23. The molecule has 0 radical (unpaired) electrons. The molecule has 6 heteroatoms. The van der Waals surface area contributed by atoms with Crippen molar-refractivity contribution in [1.29, 1.82) is 0 Å². The summed E-state index contributed by atoms with van der Waals surface area (Å²) >= 11 is 0. The van der Waals surface area contributed by atoms with E-state index >= 15 is 0 Å². The van der Waals surface area contributed by atoms with Gasteiger partial charge in [0.05, 0.1) is 19.1 Å². The van der Waals surface area contributed by atoms with Crippen molar-refractivity contribution >= 4 is 15.8 Å². The number of benzene rings is 1. The Morgan fingerprint density at radius 2 is 1.90 bits per heavy atom. The lowest BCUT2D eigenvalue weighted by Crippen LogP contribution is -2.10. The van der Waals surface area contributed by atoms with Gasteiger partial charge in [-0.1, -0.05) is 13.3 Å². The molecule has 0 heterocycles. The number of hydrogen-bond acceptors (Lipinski definition) is 5. The Morgan fingerprint density at radius 3 is 2.35 bits per heavy atom. The normalized spacial score (nSPS) is 11.2. The van der Waals surface area contributed by atoms with Gasteiger partial charge < -0.3 is 9.47 Å². The van der Waals surface area contributed by atoms with Crippen LogP contribution in [0.2, 0.25) is 0 Å². The Labute approximate surface area is 119 Å². The van der Waals surface area contributed by atoms with Crippen LogP contribution in [0.4, 0.5) is 0 Å². The quantitative estimate of drug-likeness (QED) is 0.753. The van der Waals surface area contributed by atoms with E-state index < -0.39 is 15.8 Å². The van der Waals surface area contributed by atoms with E-state index in [0.29, 0.717) is 17.7 Å². The standard InChI is InChI=1S/C14H20O5S/c1-5-6-7-10-8-12(18-2)11(14(15)19-3)9-13(10)20(4,16)17/h8-9H,5-7H2,1-4H3. The fourth-order valence-corrected chi connectivity index (χ4v) is 2.92. The fourth-order valence-electron chi connectivity index (χ4n) is 1.95. The molecule has 0 aliphatic heterocycles. The molecule has 0 N–H and O–H groups in total. The molecule has 0 fully saturated rings. The fraction of sp³-hybridized carbons (Fsp3) is 0.500. The Hall–Kier alpha value is -1.56. The third-order valence-electron chi connectivity index (χ3n) is 2.99. The number of carbonyl (C=O) groups excluding carboxylic acids is 1. The van der Waals surface area contributed by atoms with Crippen LogP contribution in [0, 0.1) is 0 Å². The van der Waals surface area contributed by atoms with Crippen molar-refractivity contribution in [2.45, 2.75) is 31.1 Å². The number of hydrogen-bond donors (Lipinski definition) is 0. The maximum atomic E-state index is 11.9. The number of esters is 1. The number of methoxy groups -OCH3 is 2. The summed E-state index contributed by atoms with van der Waals surface area (Å²) in [6.07, 6.45) is 3.57. The number of ether oxygens (including phenoxy) is 2. The molecule has 5 nitrogen and oxygen atoms in total. The van der Waals surface area contributed by atoms with Crippen molar-refractivity contribution < 1.29 is 22.7 Å². The summed E-state index contributed by atoms with van der Waals surface area (Å²) in [5.41, 5.74) is 0.787. The van der Waals surface area contributed by atoms with Crippen LogP contribution in [0.25, 0.3) is 0 Å². The van der Waals surface area contributed by atoms with Crippen molar-refractivity contribution in [3.63, 3.8) is 0 Å². The molecule has 0 aromatic heterocycles. The lowest BCUT2D eigenvalue weighted by molar-refractivity contribution is 0.0596. The molecule has 0 aliphatic carbocycles. The van der Waals surface area contributed by atoms with E-state index in [-0.39, 0.29) is 10.5 Å². The molecule has 0 bridgehead atoms. The average Bonchev–Trinajstić information content (AvgIpc) is 2.42. The second-order valence-electron chi connectivity index (χ2n) is 4.53. The van der Waals surface area contributed by atoms with E-state index in [9.17, 15) is 13.2 Å². The average molecular weight is 300 g/mol. The molecule has 20 heavy (non-hydrogen) atoms. The third-order valence-corrected chi connectivity index (χ3v) is 4.17. The lowest BCUT2D eigenvalue weighted by Gasteiger charge is -2.13. The molecule has 0 aliphatic rings. The van der Waals surface area contributed by atoms with Crippen molar-refractivity contribution in [3.05, 3.63) is 23.3 Å². The van der Waals surface area contributed by atoms with E-state index in [1.165, 1.54) is 20.3 Å². The Bertz CT molecular complexity index is 590. The van der Waals surface area contributed by atoms with E-state index in [1.807, 2.05) is 6.92 Å². The van der Waals surface area contributed by atoms with Gasteiger partial charge in [-0.05, 0) is 30.5 Å². The van der Waals surface area contributed by atoms with Gasteiger partial charge in [0.2, 0.25) is 0 Å². The van der Waals surface area contributed by atoms with E-state index in [4.69, 9.17) is 4.74 Å². The maximum absolute atomic E-state index is 11.9. The molecule has 0 saturated carbocycles. The zero-order chi connectivity index (χ0) is 15.3. The number of unbranched alkanes of at least 4 members (excludes halogenated alkanes) is 1.